The van der Waals surface area contributed by atoms with Crippen LogP contribution in [0.2, 0.25) is 0 Å². The van der Waals surface area contributed by atoms with Crippen molar-refractivity contribution < 1.29 is 21.8 Å². The number of quaternary nitrogens is 2. The topological polar surface area (TPSA) is 17.1 Å². The molecule has 0 heterocycles. The third-order valence-corrected chi connectivity index (χ3v) is 5.83. The van der Waals surface area contributed by atoms with E-state index in [2.05, 4.69) is 89.9 Å². The molecule has 0 fully saturated rings. The van der Waals surface area contributed by atoms with Crippen molar-refractivity contribution in [2.45, 2.75) is 25.7 Å². The fraction of sp³-hybridized carbons (Fsp3) is 0.370. The lowest BCUT2D eigenvalue weighted by molar-refractivity contribution is -0.119. The Hall–Kier alpha value is -2.01. The molecule has 0 bridgehead atoms. The molecule has 0 unspecified atom stereocenters. The van der Waals surface area contributed by atoms with Crippen LogP contribution in [0.1, 0.15) is 24.0 Å². The third kappa shape index (κ3) is 8.21. The number of carbonyl (C=O) groups is 1. The maximum absolute atomic E-state index is 12.4. The summed E-state index contributed by atoms with van der Waals surface area (Å²) in [6.07, 6.45) is 6.71. The van der Waals surface area contributed by atoms with E-state index in [1.165, 1.54) is 22.5 Å². The summed E-state index contributed by atoms with van der Waals surface area (Å²) in [5.74, 6) is 0.327. The number of aryl methyl sites for hydroxylation is 2. The van der Waals surface area contributed by atoms with Crippen molar-refractivity contribution in [3.05, 3.63) is 85.0 Å². The predicted octanol–water partition coefficient (Wildman–Crippen LogP) is 2.33. The van der Waals surface area contributed by atoms with Crippen molar-refractivity contribution in [1.29, 1.82) is 0 Å². The van der Waals surface area contributed by atoms with Crippen LogP contribution in [0.4, 0.5) is 11.4 Å². The van der Waals surface area contributed by atoms with Gasteiger partial charge in [0.15, 0.2) is 0 Å². The van der Waals surface area contributed by atoms with Crippen molar-refractivity contribution >= 4 is 17.2 Å². The van der Waals surface area contributed by atoms with Gasteiger partial charge in [-0.25, -0.2) is 0 Å². The second-order valence-corrected chi connectivity index (χ2v) is 9.18. The molecule has 0 saturated carbocycles. The summed E-state index contributed by atoms with van der Waals surface area (Å²) < 4.78 is 1.57. The Morgan fingerprint density at radius 2 is 1.03 bits per heavy atom. The highest BCUT2D eigenvalue weighted by Gasteiger charge is 2.17. The van der Waals surface area contributed by atoms with Gasteiger partial charge in [0.25, 0.3) is 0 Å². The molecule has 0 atom stereocenters. The summed E-state index contributed by atoms with van der Waals surface area (Å²) in [7, 11) is 8.69. The highest BCUT2D eigenvalue weighted by molar-refractivity contribution is 5.78. The molecule has 0 aliphatic rings. The number of carbonyl (C=O) groups excluding carboxylic acids is 1. The molecule has 168 valence electrons. The van der Waals surface area contributed by atoms with Gasteiger partial charge >= 0.3 is 0 Å². The number of benzene rings is 2. The van der Waals surface area contributed by atoms with Gasteiger partial charge in [0.2, 0.25) is 0 Å². The van der Waals surface area contributed by atoms with E-state index in [-0.39, 0.29) is 17.0 Å². The first-order valence-electron chi connectivity index (χ1n) is 10.8. The number of Topliss-reactive ketones (excluding diaryl/α,β-unsaturated/α-hetero) is 1. The number of hydrogen-bond acceptors (Lipinski definition) is 1. The Labute approximate surface area is 199 Å². The van der Waals surface area contributed by atoms with Crippen molar-refractivity contribution in [2.24, 2.45) is 0 Å². The predicted molar refractivity (Wildman–Crippen MR) is 132 cm³/mol. The Morgan fingerprint density at radius 1 is 0.710 bits per heavy atom. The minimum Gasteiger partial charge on any atom is -1.00 e. The molecule has 0 N–H and O–H groups in total. The van der Waals surface area contributed by atoms with Gasteiger partial charge in [0, 0.05) is 12.8 Å². The monoisotopic (exact) mass is 485 g/mol. The second-order valence-electron chi connectivity index (χ2n) is 9.18. The van der Waals surface area contributed by atoms with Gasteiger partial charge in [0.05, 0.1) is 28.2 Å². The van der Waals surface area contributed by atoms with Gasteiger partial charge in [-0.2, -0.15) is 0 Å². The van der Waals surface area contributed by atoms with Crippen LogP contribution in [0, 0.1) is 0 Å². The molecular formula is C27H38BrN2O+. The molecule has 0 spiro atoms. The lowest BCUT2D eigenvalue weighted by Crippen LogP contribution is -3.00. The van der Waals surface area contributed by atoms with Crippen molar-refractivity contribution in [1.82, 2.24) is 8.97 Å². The molecule has 2 aromatic carbocycles. The largest absolute Gasteiger partial charge is 1.00 e. The van der Waals surface area contributed by atoms with E-state index in [1.54, 1.807) is 0 Å². The number of ketones is 1. The van der Waals surface area contributed by atoms with Gasteiger partial charge in [-0.15, -0.1) is 0 Å². The van der Waals surface area contributed by atoms with Gasteiger partial charge < -0.3 is 17.0 Å². The van der Waals surface area contributed by atoms with Gasteiger partial charge in [-0.3, -0.25) is 13.8 Å². The van der Waals surface area contributed by atoms with E-state index < -0.39 is 0 Å². The molecule has 0 aromatic heterocycles. The summed E-state index contributed by atoms with van der Waals surface area (Å²) >= 11 is 0. The lowest BCUT2D eigenvalue weighted by Gasteiger charge is -2.28. The average Bonchev–Trinajstić information content (AvgIpc) is 2.71. The fourth-order valence-corrected chi connectivity index (χ4v) is 3.68. The molecule has 2 aromatic rings. The third-order valence-electron chi connectivity index (χ3n) is 5.83. The van der Waals surface area contributed by atoms with E-state index >= 15 is 0 Å². The molecule has 0 amide bonds. The van der Waals surface area contributed by atoms with E-state index in [4.69, 9.17) is 0 Å². The maximum atomic E-state index is 12.4. The van der Waals surface area contributed by atoms with Crippen molar-refractivity contribution in [2.75, 3.05) is 41.3 Å². The zero-order valence-corrected chi connectivity index (χ0v) is 21.2. The second kappa shape index (κ2) is 12.1. The summed E-state index contributed by atoms with van der Waals surface area (Å²) in [4.78, 5) is 12.4. The quantitative estimate of drug-likeness (QED) is 0.333. The minimum absolute atomic E-state index is 0. The number of hydrogen-bond donors (Lipinski definition) is 0. The van der Waals surface area contributed by atoms with Crippen LogP contribution in [0.5, 0.6) is 0 Å². The zero-order chi connectivity index (χ0) is 22.2. The van der Waals surface area contributed by atoms with Crippen LogP contribution in [0.15, 0.2) is 73.8 Å². The molecule has 31 heavy (non-hydrogen) atoms. The Kier molecular flexibility index (Phi) is 10.6. The van der Waals surface area contributed by atoms with E-state index in [0.717, 1.165) is 34.9 Å². The smallest absolute Gasteiger partial charge is 0.133 e. The van der Waals surface area contributed by atoms with Crippen LogP contribution in [0.25, 0.3) is 0 Å². The summed E-state index contributed by atoms with van der Waals surface area (Å²) in [6.45, 7) is 9.47. The van der Waals surface area contributed by atoms with Crippen LogP contribution in [-0.2, 0) is 17.6 Å². The summed E-state index contributed by atoms with van der Waals surface area (Å²) in [6, 6.07) is 17.2. The highest BCUT2D eigenvalue weighted by atomic mass is 79.9. The van der Waals surface area contributed by atoms with Crippen LogP contribution in [0.3, 0.4) is 0 Å². The van der Waals surface area contributed by atoms with Crippen LogP contribution < -0.4 is 25.9 Å². The molecule has 0 saturated heterocycles. The molecule has 2 rings (SSSR count). The molecule has 0 radical (unpaired) electrons. The van der Waals surface area contributed by atoms with Gasteiger partial charge in [-0.05, 0) is 60.4 Å². The highest BCUT2D eigenvalue weighted by Crippen LogP contribution is 2.21. The fourth-order valence-electron chi connectivity index (χ4n) is 3.68. The number of rotatable bonds is 12. The summed E-state index contributed by atoms with van der Waals surface area (Å²) in [5, 5.41) is 0. The van der Waals surface area contributed by atoms with Crippen LogP contribution in [-0.4, -0.2) is 47.1 Å². The first-order chi connectivity index (χ1) is 14.2. The van der Waals surface area contributed by atoms with Gasteiger partial charge in [0.1, 0.15) is 30.2 Å². The lowest BCUT2D eigenvalue weighted by atomic mass is 10.0. The van der Waals surface area contributed by atoms with Crippen molar-refractivity contribution in [3.63, 3.8) is 0 Å². The molecule has 0 aliphatic carbocycles. The van der Waals surface area contributed by atoms with E-state index in [1.807, 2.05) is 12.2 Å². The molecular weight excluding hydrogens is 448 g/mol. The Morgan fingerprint density at radius 3 is 1.32 bits per heavy atom. The average molecular weight is 487 g/mol. The molecule has 0 aliphatic heterocycles. The first kappa shape index (κ1) is 27.0. The Bertz CT molecular complexity index is 780. The summed E-state index contributed by atoms with van der Waals surface area (Å²) in [5.41, 5.74) is 4.95. The molecule has 4 heteroatoms. The SMILES string of the molecule is C=CC[N+](C)(C)c1ccc(CCC(=O)CCc2ccc([N+](C)(C)CC=C)cc2)cc1.[Br-]. The first-order valence-corrected chi connectivity index (χ1v) is 10.8. The number of likely N-dealkylation sites (N-methyl/N-ethyl adjacent to an activating group) is 2. The van der Waals surface area contributed by atoms with E-state index in [9.17, 15) is 4.79 Å². The molecule has 3 nitrogen and oxygen atoms in total. The Balaban J connectivity index is 0.00000480. The number of halogens is 1. The zero-order valence-electron chi connectivity index (χ0n) is 19.6. The standard InChI is InChI=1S/C27H38N2O.BrH/c1-7-21-28(3,4)25-15-9-23(10-16-25)13-19-27(30)20-14-24-11-17-26(18-12-24)29(5,6)22-8-2;/h7-12,15-18H,1-2,13-14,19-22H2,3-6H3;1H/q+2;/p-1. The van der Waals surface area contributed by atoms with E-state index in [0.29, 0.717) is 18.6 Å². The maximum Gasteiger partial charge on any atom is 0.133 e. The van der Waals surface area contributed by atoms with Crippen LogP contribution >= 0.6 is 0 Å². The van der Waals surface area contributed by atoms with Crippen molar-refractivity contribution in [3.8, 4) is 0 Å². The normalized spacial score (nSPS) is 11.5. The number of nitrogens with zero attached hydrogens (tertiary/aromatic N) is 2. The minimum atomic E-state index is 0. The van der Waals surface area contributed by atoms with Gasteiger partial charge in [-0.1, -0.05) is 37.4 Å².